The molecular weight excluding hydrogens is 346 g/mol. The first-order valence-corrected chi connectivity index (χ1v) is 7.94. The van der Waals surface area contributed by atoms with Crippen molar-refractivity contribution in [2.75, 3.05) is 0 Å². The van der Waals surface area contributed by atoms with Gasteiger partial charge in [-0.3, -0.25) is 0 Å². The number of nitrogens with two attached hydrogens (primary N) is 1. The van der Waals surface area contributed by atoms with Gasteiger partial charge in [-0.05, 0) is 46.5 Å². The molecule has 0 spiro atoms. The third-order valence-electron chi connectivity index (χ3n) is 3.79. The van der Waals surface area contributed by atoms with Crippen LogP contribution >= 0.6 is 27.5 Å². The molecule has 3 rings (SSSR count). The van der Waals surface area contributed by atoms with Crippen LogP contribution in [0.3, 0.4) is 0 Å². The van der Waals surface area contributed by atoms with E-state index in [4.69, 9.17) is 17.3 Å². The highest BCUT2D eigenvalue weighted by Crippen LogP contribution is 2.32. The molecule has 0 bridgehead atoms. The summed E-state index contributed by atoms with van der Waals surface area (Å²) in [5.74, 6) is 0. The van der Waals surface area contributed by atoms with Crippen molar-refractivity contribution in [2.24, 2.45) is 5.73 Å². The van der Waals surface area contributed by atoms with Crippen LogP contribution in [-0.4, -0.2) is 0 Å². The Morgan fingerprint density at radius 3 is 2.43 bits per heavy atom. The number of aryl methyl sites for hydroxylation is 1. The highest BCUT2D eigenvalue weighted by molar-refractivity contribution is 9.10. The number of fused-ring (bicyclic) bond motifs is 1. The zero-order valence-electron chi connectivity index (χ0n) is 11.6. The molecule has 0 amide bonds. The second kappa shape index (κ2) is 5.80. The Kier molecular flexibility index (Phi) is 4.03. The van der Waals surface area contributed by atoms with Gasteiger partial charge in [0.15, 0.2) is 0 Å². The SMILES string of the molecule is Cc1ccc(C(N)c2ccc(Br)c3ccccc23)cc1Cl. The average Bonchev–Trinajstić information content (AvgIpc) is 2.50. The first-order chi connectivity index (χ1) is 10.1. The summed E-state index contributed by atoms with van der Waals surface area (Å²) in [6, 6.07) is 18.2. The van der Waals surface area contributed by atoms with Crippen LogP contribution in [0.25, 0.3) is 10.8 Å². The van der Waals surface area contributed by atoms with Crippen molar-refractivity contribution >= 4 is 38.3 Å². The van der Waals surface area contributed by atoms with Crippen LogP contribution in [0.4, 0.5) is 0 Å². The fraction of sp³-hybridized carbons (Fsp3) is 0.111. The van der Waals surface area contributed by atoms with E-state index >= 15 is 0 Å². The van der Waals surface area contributed by atoms with Gasteiger partial charge in [0.05, 0.1) is 6.04 Å². The molecule has 0 aliphatic carbocycles. The van der Waals surface area contributed by atoms with Gasteiger partial charge in [0, 0.05) is 9.50 Å². The van der Waals surface area contributed by atoms with Crippen molar-refractivity contribution in [3.63, 3.8) is 0 Å². The first-order valence-electron chi connectivity index (χ1n) is 6.76. The molecule has 0 saturated heterocycles. The van der Waals surface area contributed by atoms with E-state index in [0.29, 0.717) is 0 Å². The fourth-order valence-corrected chi connectivity index (χ4v) is 3.21. The van der Waals surface area contributed by atoms with E-state index < -0.39 is 0 Å². The largest absolute Gasteiger partial charge is 0.320 e. The van der Waals surface area contributed by atoms with E-state index in [0.717, 1.165) is 31.6 Å². The van der Waals surface area contributed by atoms with Gasteiger partial charge in [-0.2, -0.15) is 0 Å². The van der Waals surface area contributed by atoms with E-state index in [2.05, 4.69) is 34.1 Å². The monoisotopic (exact) mass is 359 g/mol. The Bertz CT molecular complexity index is 813. The zero-order valence-corrected chi connectivity index (χ0v) is 13.9. The molecule has 3 aromatic rings. The smallest absolute Gasteiger partial charge is 0.0558 e. The summed E-state index contributed by atoms with van der Waals surface area (Å²) in [6.07, 6.45) is 0. The molecule has 2 N–H and O–H groups in total. The third kappa shape index (κ3) is 2.71. The van der Waals surface area contributed by atoms with E-state index in [9.17, 15) is 0 Å². The van der Waals surface area contributed by atoms with Crippen LogP contribution in [0.15, 0.2) is 59.1 Å². The molecule has 0 aromatic heterocycles. The molecule has 0 aliphatic rings. The number of benzene rings is 3. The Morgan fingerprint density at radius 2 is 1.71 bits per heavy atom. The van der Waals surface area contributed by atoms with Gasteiger partial charge in [0.2, 0.25) is 0 Å². The summed E-state index contributed by atoms with van der Waals surface area (Å²) in [7, 11) is 0. The molecule has 106 valence electrons. The van der Waals surface area contributed by atoms with E-state index in [1.165, 1.54) is 5.39 Å². The van der Waals surface area contributed by atoms with E-state index in [1.807, 2.05) is 43.3 Å². The van der Waals surface area contributed by atoms with Crippen LogP contribution in [0.5, 0.6) is 0 Å². The Balaban J connectivity index is 2.15. The average molecular weight is 361 g/mol. The lowest BCUT2D eigenvalue weighted by molar-refractivity contribution is 0.880. The van der Waals surface area contributed by atoms with Gasteiger partial charge in [0.1, 0.15) is 0 Å². The summed E-state index contributed by atoms with van der Waals surface area (Å²) in [5, 5.41) is 3.09. The molecule has 21 heavy (non-hydrogen) atoms. The van der Waals surface area contributed by atoms with Crippen LogP contribution in [0, 0.1) is 6.92 Å². The summed E-state index contributed by atoms with van der Waals surface area (Å²) < 4.78 is 1.08. The zero-order chi connectivity index (χ0) is 15.0. The van der Waals surface area contributed by atoms with Crippen LogP contribution in [-0.2, 0) is 0 Å². The molecule has 0 heterocycles. The van der Waals surface area contributed by atoms with Gasteiger partial charge in [0.25, 0.3) is 0 Å². The van der Waals surface area contributed by atoms with E-state index in [-0.39, 0.29) is 6.04 Å². The van der Waals surface area contributed by atoms with Crippen molar-refractivity contribution in [1.29, 1.82) is 0 Å². The number of hydrogen-bond acceptors (Lipinski definition) is 1. The fourth-order valence-electron chi connectivity index (χ4n) is 2.54. The van der Waals surface area contributed by atoms with Crippen molar-refractivity contribution in [1.82, 2.24) is 0 Å². The normalized spacial score (nSPS) is 12.6. The topological polar surface area (TPSA) is 26.0 Å². The standard InChI is InChI=1S/C18H15BrClN/c1-11-6-7-12(10-17(11)20)18(21)15-8-9-16(19)14-5-3-2-4-13(14)15/h2-10,18H,21H2,1H3. The van der Waals surface area contributed by atoms with Crippen molar-refractivity contribution in [3.8, 4) is 0 Å². The van der Waals surface area contributed by atoms with Crippen LogP contribution < -0.4 is 5.73 Å². The van der Waals surface area contributed by atoms with Gasteiger partial charge in [-0.15, -0.1) is 0 Å². The lowest BCUT2D eigenvalue weighted by atomic mass is 9.94. The molecule has 0 radical (unpaired) electrons. The van der Waals surface area contributed by atoms with Crippen molar-refractivity contribution in [3.05, 3.63) is 80.8 Å². The molecule has 0 fully saturated rings. The third-order valence-corrected chi connectivity index (χ3v) is 4.89. The van der Waals surface area contributed by atoms with Gasteiger partial charge < -0.3 is 5.73 Å². The quantitative estimate of drug-likeness (QED) is 0.631. The Hall–Kier alpha value is -1.35. The first kappa shape index (κ1) is 14.6. The Labute approximate surface area is 137 Å². The summed E-state index contributed by atoms with van der Waals surface area (Å²) in [5.41, 5.74) is 9.67. The Morgan fingerprint density at radius 1 is 1.00 bits per heavy atom. The minimum absolute atomic E-state index is 0.193. The minimum atomic E-state index is -0.193. The predicted octanol–water partition coefficient (Wildman–Crippen LogP) is 5.61. The molecule has 0 saturated carbocycles. The van der Waals surface area contributed by atoms with Crippen molar-refractivity contribution < 1.29 is 0 Å². The lowest BCUT2D eigenvalue weighted by Gasteiger charge is -2.17. The highest BCUT2D eigenvalue weighted by atomic mass is 79.9. The van der Waals surface area contributed by atoms with Gasteiger partial charge in [-0.25, -0.2) is 0 Å². The van der Waals surface area contributed by atoms with Gasteiger partial charge >= 0.3 is 0 Å². The second-order valence-corrected chi connectivity index (χ2v) is 6.43. The van der Waals surface area contributed by atoms with E-state index in [1.54, 1.807) is 0 Å². The maximum Gasteiger partial charge on any atom is 0.0558 e. The number of halogens is 2. The number of rotatable bonds is 2. The second-order valence-electron chi connectivity index (χ2n) is 5.17. The molecule has 0 aliphatic heterocycles. The molecule has 1 unspecified atom stereocenters. The molecule has 3 aromatic carbocycles. The predicted molar refractivity (Wildman–Crippen MR) is 93.9 cm³/mol. The summed E-state index contributed by atoms with van der Waals surface area (Å²) in [6.45, 7) is 1.99. The van der Waals surface area contributed by atoms with Crippen LogP contribution in [0.2, 0.25) is 5.02 Å². The number of hydrogen-bond donors (Lipinski definition) is 1. The maximum atomic E-state index is 6.48. The summed E-state index contributed by atoms with van der Waals surface area (Å²) in [4.78, 5) is 0. The lowest BCUT2D eigenvalue weighted by Crippen LogP contribution is -2.12. The maximum absolute atomic E-state index is 6.48. The summed E-state index contributed by atoms with van der Waals surface area (Å²) >= 11 is 9.82. The van der Waals surface area contributed by atoms with Crippen molar-refractivity contribution in [2.45, 2.75) is 13.0 Å². The van der Waals surface area contributed by atoms with Crippen LogP contribution in [0.1, 0.15) is 22.7 Å². The molecule has 1 nitrogen and oxygen atoms in total. The van der Waals surface area contributed by atoms with Gasteiger partial charge in [-0.1, -0.05) is 70.0 Å². The molecule has 3 heteroatoms. The minimum Gasteiger partial charge on any atom is -0.320 e. The molecule has 1 atom stereocenters. The highest BCUT2D eigenvalue weighted by Gasteiger charge is 2.14. The molecular formula is C18H15BrClN.